The highest BCUT2D eigenvalue weighted by molar-refractivity contribution is 5.84. The average molecular weight is 529 g/mol. The van der Waals surface area contributed by atoms with E-state index >= 15 is 0 Å². The van der Waals surface area contributed by atoms with E-state index in [1.807, 2.05) is 41.5 Å². The van der Waals surface area contributed by atoms with Crippen molar-refractivity contribution >= 4 is 23.9 Å². The minimum atomic E-state index is -0.535. The Morgan fingerprint density at radius 1 is 0.447 bits per heavy atom. The van der Waals surface area contributed by atoms with Crippen molar-refractivity contribution in [2.24, 2.45) is 22.7 Å². The molecule has 0 N–H and O–H groups in total. The van der Waals surface area contributed by atoms with E-state index in [0.717, 1.165) is 0 Å². The number of esters is 4. The summed E-state index contributed by atoms with van der Waals surface area (Å²) in [5, 5.41) is 0. The lowest BCUT2D eigenvalue weighted by molar-refractivity contribution is -0.147. The predicted octanol–water partition coefficient (Wildman–Crippen LogP) is 4.83. The molecule has 0 fully saturated rings. The molecule has 38 heavy (non-hydrogen) atoms. The summed E-state index contributed by atoms with van der Waals surface area (Å²) in [5.74, 6) is -2.58. The van der Waals surface area contributed by atoms with Crippen LogP contribution in [0, 0.1) is 22.7 Å². The lowest BCUT2D eigenvalue weighted by Gasteiger charge is -2.29. The first kappa shape index (κ1) is 32.3. The monoisotopic (exact) mass is 528 g/mol. The summed E-state index contributed by atoms with van der Waals surface area (Å²) in [5.41, 5.74) is -0.551. The fraction of sp³-hybridized carbons (Fsp3) is 0.467. The minimum Gasteiger partial charge on any atom is -0.462 e. The van der Waals surface area contributed by atoms with Gasteiger partial charge >= 0.3 is 23.9 Å². The first-order valence-corrected chi connectivity index (χ1v) is 12.5. The number of ether oxygens (including phenoxy) is 4. The van der Waals surface area contributed by atoms with Crippen LogP contribution in [-0.4, -0.2) is 50.3 Å². The molecule has 0 spiro atoms. The van der Waals surface area contributed by atoms with E-state index in [0.29, 0.717) is 0 Å². The summed E-state index contributed by atoms with van der Waals surface area (Å²) in [6.45, 7) is 12.1. The van der Waals surface area contributed by atoms with Gasteiger partial charge in [-0.2, -0.15) is 0 Å². The van der Waals surface area contributed by atoms with E-state index in [4.69, 9.17) is 18.9 Å². The van der Waals surface area contributed by atoms with Crippen LogP contribution in [0.5, 0.6) is 0 Å². The first-order valence-electron chi connectivity index (χ1n) is 12.5. The molecule has 0 bridgehead atoms. The van der Waals surface area contributed by atoms with Crippen LogP contribution in [0.1, 0.15) is 41.5 Å². The topological polar surface area (TPSA) is 105 Å². The van der Waals surface area contributed by atoms with Gasteiger partial charge in [-0.3, -0.25) is 0 Å². The Balaban J connectivity index is 2.98. The third-order valence-electron chi connectivity index (χ3n) is 5.75. The number of carbonyl (C=O) groups is 4. The quantitative estimate of drug-likeness (QED) is 0.325. The second kappa shape index (κ2) is 16.2. The molecular weight excluding hydrogens is 488 g/mol. The highest BCUT2D eigenvalue weighted by Crippen LogP contribution is 2.27. The van der Waals surface area contributed by atoms with Crippen LogP contribution in [0.4, 0.5) is 0 Å². The molecular formula is C30H40O8. The molecule has 0 aromatic carbocycles. The van der Waals surface area contributed by atoms with Gasteiger partial charge in [-0.1, -0.05) is 90.2 Å². The molecule has 8 nitrogen and oxygen atoms in total. The van der Waals surface area contributed by atoms with Crippen molar-refractivity contribution < 1.29 is 38.1 Å². The summed E-state index contributed by atoms with van der Waals surface area (Å²) in [7, 11) is 0. The van der Waals surface area contributed by atoms with Crippen molar-refractivity contribution in [3.05, 3.63) is 72.9 Å². The van der Waals surface area contributed by atoms with E-state index in [-0.39, 0.29) is 49.1 Å². The maximum absolute atomic E-state index is 12.1. The second-order valence-corrected chi connectivity index (χ2v) is 10.9. The normalized spacial score (nSPS) is 27.0. The molecule has 0 unspecified atom stereocenters. The Morgan fingerprint density at radius 2 is 0.658 bits per heavy atom. The van der Waals surface area contributed by atoms with Crippen LogP contribution in [0.3, 0.4) is 0 Å². The maximum Gasteiger partial charge on any atom is 0.330 e. The highest BCUT2D eigenvalue weighted by Gasteiger charge is 2.28. The van der Waals surface area contributed by atoms with Gasteiger partial charge in [0.2, 0.25) is 0 Å². The van der Waals surface area contributed by atoms with Crippen LogP contribution in [0.2, 0.25) is 0 Å². The summed E-state index contributed by atoms with van der Waals surface area (Å²) < 4.78 is 21.3. The van der Waals surface area contributed by atoms with Gasteiger partial charge < -0.3 is 18.9 Å². The molecule has 1 aliphatic heterocycles. The molecule has 1 rings (SSSR count). The van der Waals surface area contributed by atoms with Crippen molar-refractivity contribution in [1.29, 1.82) is 0 Å². The van der Waals surface area contributed by atoms with E-state index in [1.54, 1.807) is 24.3 Å². The van der Waals surface area contributed by atoms with E-state index in [2.05, 4.69) is 0 Å². The lowest BCUT2D eigenvalue weighted by atomic mass is 9.82. The molecule has 0 saturated carbocycles. The van der Waals surface area contributed by atoms with Crippen molar-refractivity contribution in [1.82, 2.24) is 0 Å². The van der Waals surface area contributed by atoms with Crippen LogP contribution < -0.4 is 0 Å². The highest BCUT2D eigenvalue weighted by atomic mass is 16.6. The SMILES string of the molecule is CC(C)(C)C1COC(=O)/C=C/C=C/C=C/C(=O)OCC(C(C)(C)C)COC(=O)/C=C/C=C/C=C/C(=O)OC1. The molecule has 0 aromatic heterocycles. The Morgan fingerprint density at radius 3 is 0.842 bits per heavy atom. The van der Waals surface area contributed by atoms with Crippen LogP contribution in [-0.2, 0) is 38.1 Å². The van der Waals surface area contributed by atoms with Crippen LogP contribution >= 0.6 is 0 Å². The second-order valence-electron chi connectivity index (χ2n) is 10.9. The number of carbonyl (C=O) groups excluding carboxylic acids is 4. The Labute approximate surface area is 225 Å². The Kier molecular flexibility index (Phi) is 13.8. The zero-order valence-electron chi connectivity index (χ0n) is 23.2. The van der Waals surface area contributed by atoms with Crippen molar-refractivity contribution in [3.63, 3.8) is 0 Å². The van der Waals surface area contributed by atoms with E-state index in [9.17, 15) is 19.2 Å². The van der Waals surface area contributed by atoms with E-state index < -0.39 is 23.9 Å². The smallest absolute Gasteiger partial charge is 0.330 e. The Bertz CT molecular complexity index is 837. The maximum atomic E-state index is 12.1. The molecule has 0 aromatic rings. The van der Waals surface area contributed by atoms with Gasteiger partial charge in [-0.25, -0.2) is 19.2 Å². The van der Waals surface area contributed by atoms with Gasteiger partial charge in [0, 0.05) is 36.1 Å². The van der Waals surface area contributed by atoms with Gasteiger partial charge in [0.05, 0.1) is 26.4 Å². The summed E-state index contributed by atoms with van der Waals surface area (Å²) >= 11 is 0. The third kappa shape index (κ3) is 14.8. The number of cyclic esters (lactones) is 4. The molecule has 0 radical (unpaired) electrons. The molecule has 208 valence electrons. The van der Waals surface area contributed by atoms with Crippen molar-refractivity contribution in [2.45, 2.75) is 41.5 Å². The van der Waals surface area contributed by atoms with Gasteiger partial charge in [-0.15, -0.1) is 0 Å². The fourth-order valence-corrected chi connectivity index (χ4v) is 2.81. The number of hydrogen-bond acceptors (Lipinski definition) is 8. The summed E-state index contributed by atoms with van der Waals surface area (Å²) in [6, 6.07) is 0. The number of allylic oxidation sites excluding steroid dienone is 8. The van der Waals surface area contributed by atoms with Gasteiger partial charge in [0.1, 0.15) is 0 Å². The Hall–Kier alpha value is -3.68. The first-order chi connectivity index (χ1) is 17.8. The predicted molar refractivity (Wildman–Crippen MR) is 145 cm³/mol. The van der Waals surface area contributed by atoms with Gasteiger partial charge in [0.25, 0.3) is 0 Å². The minimum absolute atomic E-state index is 0.0789. The number of hydrogen-bond donors (Lipinski definition) is 0. The van der Waals surface area contributed by atoms with Crippen molar-refractivity contribution in [3.8, 4) is 0 Å². The molecule has 8 heteroatoms. The van der Waals surface area contributed by atoms with Crippen LogP contribution in [0.15, 0.2) is 72.9 Å². The molecule has 1 aliphatic rings. The molecule has 0 atom stereocenters. The molecule has 1 heterocycles. The summed E-state index contributed by atoms with van der Waals surface area (Å²) in [6.07, 6.45) is 17.3. The fourth-order valence-electron chi connectivity index (χ4n) is 2.81. The van der Waals surface area contributed by atoms with Crippen molar-refractivity contribution in [2.75, 3.05) is 26.4 Å². The molecule has 0 saturated heterocycles. The third-order valence-corrected chi connectivity index (χ3v) is 5.75. The molecule has 0 amide bonds. The molecule has 0 aliphatic carbocycles. The van der Waals surface area contributed by atoms with E-state index in [1.165, 1.54) is 48.6 Å². The van der Waals surface area contributed by atoms with Gasteiger partial charge in [0.15, 0.2) is 0 Å². The lowest BCUT2D eigenvalue weighted by Crippen LogP contribution is -2.31. The zero-order chi connectivity index (χ0) is 28.6. The standard InChI is InChI=1S/C30H40O8/c1-29(2,3)23-19-35-25(31)15-11-7-9-13-17-27(33)37-21-24(30(4,5)6)22-38-28(34)18-14-10-8-12-16-26(32)36-20-23/h7-18,23-24H,19-22H2,1-6H3/b9-7+,10-8+,15-11+,16-12+,17-13+,18-14+. The largest absolute Gasteiger partial charge is 0.462 e. The van der Waals surface area contributed by atoms with Crippen LogP contribution in [0.25, 0.3) is 0 Å². The summed E-state index contributed by atoms with van der Waals surface area (Å²) in [4.78, 5) is 48.3. The zero-order valence-corrected chi connectivity index (χ0v) is 23.2. The average Bonchev–Trinajstić information content (AvgIpc) is 2.81. The van der Waals surface area contributed by atoms with Gasteiger partial charge in [-0.05, 0) is 10.8 Å². The number of rotatable bonds is 0.